The summed E-state index contributed by atoms with van der Waals surface area (Å²) in [6.07, 6.45) is 0. The van der Waals surface area contributed by atoms with E-state index in [4.69, 9.17) is 23.2 Å². The fourth-order valence-corrected chi connectivity index (χ4v) is 2.66. The second-order valence-electron chi connectivity index (χ2n) is 4.46. The Kier molecular flexibility index (Phi) is 4.86. The average Bonchev–Trinajstić information content (AvgIpc) is 2.46. The molecule has 2 N–H and O–H groups in total. The highest BCUT2D eigenvalue weighted by atomic mass is 35.5. The van der Waals surface area contributed by atoms with E-state index in [0.717, 1.165) is 0 Å². The van der Waals surface area contributed by atoms with Crippen molar-refractivity contribution in [2.24, 2.45) is 0 Å². The van der Waals surface area contributed by atoms with Crippen LogP contribution in [0.5, 0.6) is 0 Å². The Balaban J connectivity index is 2.27. The molecule has 0 spiro atoms. The zero-order valence-corrected chi connectivity index (χ0v) is 12.5. The third-order valence-corrected chi connectivity index (χ3v) is 3.76. The number of benzene rings is 1. The molecule has 2 amide bonds. The molecule has 1 aliphatic rings. The van der Waals surface area contributed by atoms with E-state index in [1.165, 1.54) is 11.0 Å². The first-order valence-electron chi connectivity index (χ1n) is 6.23. The highest BCUT2D eigenvalue weighted by Crippen LogP contribution is 2.23. The molecule has 2 rings (SSSR count). The van der Waals surface area contributed by atoms with Crippen LogP contribution in [0.3, 0.4) is 0 Å². The van der Waals surface area contributed by atoms with Crippen molar-refractivity contribution in [2.45, 2.75) is 6.04 Å². The minimum absolute atomic E-state index is 0.198. The van der Waals surface area contributed by atoms with Crippen molar-refractivity contribution in [3.05, 3.63) is 33.8 Å². The molecule has 1 atom stereocenters. The molecule has 1 unspecified atom stereocenters. The van der Waals surface area contributed by atoms with Gasteiger partial charge in [-0.05, 0) is 18.2 Å². The minimum Gasteiger partial charge on any atom is -0.357 e. The van der Waals surface area contributed by atoms with Crippen molar-refractivity contribution < 1.29 is 9.59 Å². The molecule has 20 heavy (non-hydrogen) atoms. The Morgan fingerprint density at radius 3 is 2.80 bits per heavy atom. The second-order valence-corrected chi connectivity index (χ2v) is 5.30. The van der Waals surface area contributed by atoms with Crippen molar-refractivity contribution in [1.82, 2.24) is 15.5 Å². The van der Waals surface area contributed by atoms with Crippen LogP contribution in [0.25, 0.3) is 0 Å². The lowest BCUT2D eigenvalue weighted by molar-refractivity contribution is -0.125. The highest BCUT2D eigenvalue weighted by molar-refractivity contribution is 6.36. The van der Waals surface area contributed by atoms with E-state index in [2.05, 4.69) is 10.6 Å². The first kappa shape index (κ1) is 15.1. The third-order valence-electron chi connectivity index (χ3n) is 3.21. The molecule has 0 radical (unpaired) electrons. The summed E-state index contributed by atoms with van der Waals surface area (Å²) >= 11 is 11.9. The molecular formula is C13H15Cl2N3O2. The zero-order valence-electron chi connectivity index (χ0n) is 11.0. The van der Waals surface area contributed by atoms with Gasteiger partial charge in [-0.2, -0.15) is 0 Å². The van der Waals surface area contributed by atoms with Gasteiger partial charge in [0.05, 0.1) is 10.6 Å². The van der Waals surface area contributed by atoms with Gasteiger partial charge in [-0.1, -0.05) is 23.2 Å². The topological polar surface area (TPSA) is 61.4 Å². The van der Waals surface area contributed by atoms with Gasteiger partial charge in [0.15, 0.2) is 0 Å². The van der Waals surface area contributed by atoms with E-state index < -0.39 is 6.04 Å². The van der Waals surface area contributed by atoms with Crippen molar-refractivity contribution in [2.75, 3.05) is 26.7 Å². The fraction of sp³-hybridized carbons (Fsp3) is 0.385. The number of carbonyl (C=O) groups excluding carboxylic acids is 2. The van der Waals surface area contributed by atoms with E-state index >= 15 is 0 Å². The summed E-state index contributed by atoms with van der Waals surface area (Å²) in [6.45, 7) is 1.52. The second kappa shape index (κ2) is 6.43. The molecular weight excluding hydrogens is 301 g/mol. The smallest absolute Gasteiger partial charge is 0.256 e. The fourth-order valence-electron chi connectivity index (χ4n) is 2.17. The summed E-state index contributed by atoms with van der Waals surface area (Å²) in [4.78, 5) is 25.9. The Bertz CT molecular complexity index is 536. The van der Waals surface area contributed by atoms with E-state index in [-0.39, 0.29) is 16.8 Å². The lowest BCUT2D eigenvalue weighted by Gasteiger charge is -2.35. The zero-order chi connectivity index (χ0) is 14.7. The number of hydrogen-bond donors (Lipinski definition) is 2. The van der Waals surface area contributed by atoms with Gasteiger partial charge in [0.25, 0.3) is 5.91 Å². The number of amides is 2. The first-order chi connectivity index (χ1) is 9.54. The summed E-state index contributed by atoms with van der Waals surface area (Å²) in [5.74, 6) is -0.461. The van der Waals surface area contributed by atoms with Crippen LogP contribution < -0.4 is 10.6 Å². The number of likely N-dealkylation sites (N-methyl/N-ethyl adjacent to an activating group) is 1. The Hall–Kier alpha value is -1.30. The molecule has 7 heteroatoms. The average molecular weight is 316 g/mol. The first-order valence-corrected chi connectivity index (χ1v) is 6.98. The van der Waals surface area contributed by atoms with E-state index in [1.54, 1.807) is 19.2 Å². The molecule has 1 aliphatic heterocycles. The van der Waals surface area contributed by atoms with Gasteiger partial charge in [0, 0.05) is 31.7 Å². The van der Waals surface area contributed by atoms with Crippen molar-refractivity contribution in [3.8, 4) is 0 Å². The molecule has 1 fully saturated rings. The van der Waals surface area contributed by atoms with Crippen LogP contribution in [0.1, 0.15) is 10.4 Å². The van der Waals surface area contributed by atoms with Crippen LogP contribution in [-0.2, 0) is 4.79 Å². The molecule has 108 valence electrons. The van der Waals surface area contributed by atoms with Gasteiger partial charge in [-0.15, -0.1) is 0 Å². The predicted molar refractivity (Wildman–Crippen MR) is 78.2 cm³/mol. The van der Waals surface area contributed by atoms with E-state index in [1.807, 2.05) is 0 Å². The SMILES string of the molecule is CNC(=O)C1CNCCN1C(=O)c1ccc(Cl)cc1Cl. The van der Waals surface area contributed by atoms with Gasteiger partial charge in [-0.3, -0.25) is 9.59 Å². The molecule has 1 heterocycles. The number of piperazine rings is 1. The monoisotopic (exact) mass is 315 g/mol. The van der Waals surface area contributed by atoms with Gasteiger partial charge in [0.2, 0.25) is 5.91 Å². The van der Waals surface area contributed by atoms with Crippen LogP contribution in [0.4, 0.5) is 0 Å². The van der Waals surface area contributed by atoms with Crippen LogP contribution >= 0.6 is 23.2 Å². The van der Waals surface area contributed by atoms with Crippen LogP contribution in [0, 0.1) is 0 Å². The van der Waals surface area contributed by atoms with Gasteiger partial charge in [-0.25, -0.2) is 0 Å². The molecule has 0 aliphatic carbocycles. The molecule has 0 bridgehead atoms. The standard InChI is InChI=1S/C13H15Cl2N3O2/c1-16-12(19)11-7-17-4-5-18(11)13(20)9-3-2-8(14)6-10(9)15/h2-3,6,11,17H,4-5,7H2,1H3,(H,16,19). The summed E-state index contributed by atoms with van der Waals surface area (Å²) in [5, 5.41) is 6.43. The summed E-state index contributed by atoms with van der Waals surface area (Å²) < 4.78 is 0. The molecule has 1 aromatic rings. The molecule has 1 aromatic carbocycles. The quantitative estimate of drug-likeness (QED) is 0.860. The lowest BCUT2D eigenvalue weighted by Crippen LogP contribution is -2.59. The lowest BCUT2D eigenvalue weighted by atomic mass is 10.1. The van der Waals surface area contributed by atoms with Crippen molar-refractivity contribution >= 4 is 35.0 Å². The van der Waals surface area contributed by atoms with Crippen LogP contribution in [-0.4, -0.2) is 49.4 Å². The predicted octanol–water partition coefficient (Wildman–Crippen LogP) is 1.15. The summed E-state index contributed by atoms with van der Waals surface area (Å²) in [6, 6.07) is 4.18. The minimum atomic E-state index is -0.534. The number of carbonyl (C=O) groups is 2. The van der Waals surface area contributed by atoms with Gasteiger partial charge < -0.3 is 15.5 Å². The van der Waals surface area contributed by atoms with Crippen molar-refractivity contribution in [1.29, 1.82) is 0 Å². The van der Waals surface area contributed by atoms with Crippen LogP contribution in [0.2, 0.25) is 10.0 Å². The largest absolute Gasteiger partial charge is 0.357 e. The molecule has 0 aromatic heterocycles. The maximum atomic E-state index is 12.6. The Morgan fingerprint density at radius 2 is 2.15 bits per heavy atom. The van der Waals surface area contributed by atoms with Gasteiger partial charge >= 0.3 is 0 Å². The molecule has 0 saturated carbocycles. The maximum Gasteiger partial charge on any atom is 0.256 e. The van der Waals surface area contributed by atoms with Crippen molar-refractivity contribution in [3.63, 3.8) is 0 Å². The maximum absolute atomic E-state index is 12.6. The highest BCUT2D eigenvalue weighted by Gasteiger charge is 2.32. The number of rotatable bonds is 2. The summed E-state index contributed by atoms with van der Waals surface area (Å²) in [7, 11) is 1.55. The third kappa shape index (κ3) is 3.06. The van der Waals surface area contributed by atoms with E-state index in [9.17, 15) is 9.59 Å². The number of nitrogens with zero attached hydrogens (tertiary/aromatic N) is 1. The Morgan fingerprint density at radius 1 is 1.40 bits per heavy atom. The van der Waals surface area contributed by atoms with E-state index in [0.29, 0.717) is 30.2 Å². The number of nitrogens with one attached hydrogen (secondary N) is 2. The van der Waals surface area contributed by atoms with Crippen LogP contribution in [0.15, 0.2) is 18.2 Å². The Labute approximate surface area is 127 Å². The molecule has 5 nitrogen and oxygen atoms in total. The normalized spacial score (nSPS) is 18.8. The molecule has 1 saturated heterocycles. The summed E-state index contributed by atoms with van der Waals surface area (Å²) in [5.41, 5.74) is 0.354. The number of halogens is 2. The number of hydrogen-bond acceptors (Lipinski definition) is 3. The van der Waals surface area contributed by atoms with Gasteiger partial charge in [0.1, 0.15) is 6.04 Å².